The second-order valence-electron chi connectivity index (χ2n) is 4.93. The van der Waals surface area contributed by atoms with Crippen LogP contribution in [0.5, 0.6) is 17.2 Å². The SMILES string of the molecule is COc1cc(-c2n[nH]c(-c3cccc(F)c3)n2)cc(OC)c1OC. The fourth-order valence-corrected chi connectivity index (χ4v) is 2.37. The number of benzene rings is 2. The van der Waals surface area contributed by atoms with Crippen LogP contribution in [0.3, 0.4) is 0 Å². The summed E-state index contributed by atoms with van der Waals surface area (Å²) in [4.78, 5) is 4.41. The number of nitrogens with one attached hydrogen (secondary N) is 1. The third kappa shape index (κ3) is 2.88. The van der Waals surface area contributed by atoms with Crippen molar-refractivity contribution >= 4 is 0 Å². The number of aromatic amines is 1. The van der Waals surface area contributed by atoms with Crippen LogP contribution in [0, 0.1) is 5.82 Å². The molecule has 0 saturated heterocycles. The number of rotatable bonds is 5. The minimum Gasteiger partial charge on any atom is -0.493 e. The Bertz CT molecular complexity index is 839. The number of halogens is 1. The first-order chi connectivity index (χ1) is 11.7. The second kappa shape index (κ2) is 6.57. The number of methoxy groups -OCH3 is 3. The van der Waals surface area contributed by atoms with Gasteiger partial charge in [-0.2, -0.15) is 5.10 Å². The molecule has 3 aromatic rings. The molecule has 3 rings (SSSR count). The maximum absolute atomic E-state index is 13.4. The second-order valence-corrected chi connectivity index (χ2v) is 4.93. The number of aromatic nitrogens is 3. The molecule has 24 heavy (non-hydrogen) atoms. The Kier molecular flexibility index (Phi) is 4.33. The smallest absolute Gasteiger partial charge is 0.203 e. The van der Waals surface area contributed by atoms with Crippen LogP contribution in [0.15, 0.2) is 36.4 Å². The van der Waals surface area contributed by atoms with E-state index in [1.54, 1.807) is 24.3 Å². The van der Waals surface area contributed by atoms with Crippen molar-refractivity contribution in [3.05, 3.63) is 42.2 Å². The molecule has 2 aromatic carbocycles. The van der Waals surface area contributed by atoms with E-state index in [0.29, 0.717) is 40.0 Å². The third-order valence-electron chi connectivity index (χ3n) is 3.51. The van der Waals surface area contributed by atoms with Gasteiger partial charge < -0.3 is 14.2 Å². The molecule has 0 aliphatic carbocycles. The third-order valence-corrected chi connectivity index (χ3v) is 3.51. The lowest BCUT2D eigenvalue weighted by atomic mass is 10.1. The summed E-state index contributed by atoms with van der Waals surface area (Å²) in [6.07, 6.45) is 0. The van der Waals surface area contributed by atoms with Gasteiger partial charge in [0.25, 0.3) is 0 Å². The van der Waals surface area contributed by atoms with Crippen LogP contribution in [-0.2, 0) is 0 Å². The van der Waals surface area contributed by atoms with Crippen molar-refractivity contribution in [2.75, 3.05) is 21.3 Å². The van der Waals surface area contributed by atoms with Crippen LogP contribution in [0.25, 0.3) is 22.8 Å². The van der Waals surface area contributed by atoms with E-state index in [1.807, 2.05) is 0 Å². The summed E-state index contributed by atoms with van der Waals surface area (Å²) in [6, 6.07) is 9.63. The first kappa shape index (κ1) is 15.8. The molecule has 0 fully saturated rings. The van der Waals surface area contributed by atoms with E-state index >= 15 is 0 Å². The van der Waals surface area contributed by atoms with E-state index in [1.165, 1.54) is 33.5 Å². The highest BCUT2D eigenvalue weighted by Gasteiger charge is 2.16. The Hall–Kier alpha value is -3.09. The van der Waals surface area contributed by atoms with Gasteiger partial charge in [-0.1, -0.05) is 12.1 Å². The Balaban J connectivity index is 2.04. The molecule has 7 heteroatoms. The van der Waals surface area contributed by atoms with Crippen molar-refractivity contribution in [1.82, 2.24) is 15.2 Å². The molecule has 0 bridgehead atoms. The predicted octanol–water partition coefficient (Wildman–Crippen LogP) is 3.30. The van der Waals surface area contributed by atoms with Crippen LogP contribution in [0.4, 0.5) is 4.39 Å². The number of ether oxygens (including phenoxy) is 3. The highest BCUT2D eigenvalue weighted by molar-refractivity contribution is 5.68. The average molecular weight is 329 g/mol. The maximum Gasteiger partial charge on any atom is 0.203 e. The fourth-order valence-electron chi connectivity index (χ4n) is 2.37. The van der Waals surface area contributed by atoms with Gasteiger partial charge in [-0.15, -0.1) is 0 Å². The summed E-state index contributed by atoms with van der Waals surface area (Å²) in [7, 11) is 4.61. The lowest BCUT2D eigenvalue weighted by Crippen LogP contribution is -1.96. The fraction of sp³-hybridized carbons (Fsp3) is 0.176. The zero-order valence-electron chi connectivity index (χ0n) is 13.5. The first-order valence-corrected chi connectivity index (χ1v) is 7.15. The molecule has 0 amide bonds. The standard InChI is InChI=1S/C17H16FN3O3/c1-22-13-8-11(9-14(23-2)15(13)24-3)17-19-16(20-21-17)10-5-4-6-12(18)7-10/h4-9H,1-3H3,(H,19,20,21). The van der Waals surface area contributed by atoms with Crippen molar-refractivity contribution in [3.8, 4) is 40.0 Å². The Labute approximate surface area is 138 Å². The summed E-state index contributed by atoms with van der Waals surface area (Å²) >= 11 is 0. The summed E-state index contributed by atoms with van der Waals surface area (Å²) < 4.78 is 29.3. The van der Waals surface area contributed by atoms with Gasteiger partial charge in [-0.3, -0.25) is 5.10 Å². The van der Waals surface area contributed by atoms with Crippen molar-refractivity contribution < 1.29 is 18.6 Å². The molecule has 1 aromatic heterocycles. The molecule has 0 unspecified atom stereocenters. The molecule has 0 aliphatic heterocycles. The van der Waals surface area contributed by atoms with Crippen molar-refractivity contribution in [1.29, 1.82) is 0 Å². The Morgan fingerprint density at radius 1 is 0.917 bits per heavy atom. The summed E-state index contributed by atoms with van der Waals surface area (Å²) in [6.45, 7) is 0. The van der Waals surface area contributed by atoms with Gasteiger partial charge in [0.1, 0.15) is 5.82 Å². The molecular weight excluding hydrogens is 313 g/mol. The van der Waals surface area contributed by atoms with Crippen LogP contribution < -0.4 is 14.2 Å². The summed E-state index contributed by atoms with van der Waals surface area (Å²) in [5, 5.41) is 7.00. The number of nitrogens with zero attached hydrogens (tertiary/aromatic N) is 2. The van der Waals surface area contributed by atoms with Crippen LogP contribution in [-0.4, -0.2) is 36.5 Å². The lowest BCUT2D eigenvalue weighted by Gasteiger charge is -2.12. The van der Waals surface area contributed by atoms with Gasteiger partial charge >= 0.3 is 0 Å². The van der Waals surface area contributed by atoms with Crippen molar-refractivity contribution in [3.63, 3.8) is 0 Å². The zero-order chi connectivity index (χ0) is 17.1. The molecule has 124 valence electrons. The molecule has 0 spiro atoms. The normalized spacial score (nSPS) is 10.5. The van der Waals surface area contributed by atoms with Gasteiger partial charge in [0, 0.05) is 11.1 Å². The quantitative estimate of drug-likeness (QED) is 0.778. The first-order valence-electron chi connectivity index (χ1n) is 7.15. The molecule has 0 radical (unpaired) electrons. The largest absolute Gasteiger partial charge is 0.493 e. The number of H-pyrrole nitrogens is 1. The Morgan fingerprint density at radius 2 is 1.62 bits per heavy atom. The molecule has 0 aliphatic rings. The minimum absolute atomic E-state index is 0.335. The van der Waals surface area contributed by atoms with E-state index < -0.39 is 0 Å². The van der Waals surface area contributed by atoms with Crippen LogP contribution in [0.2, 0.25) is 0 Å². The highest BCUT2D eigenvalue weighted by atomic mass is 19.1. The molecule has 1 N–H and O–H groups in total. The molecular formula is C17H16FN3O3. The maximum atomic E-state index is 13.4. The predicted molar refractivity (Wildman–Crippen MR) is 86.9 cm³/mol. The van der Waals surface area contributed by atoms with Gasteiger partial charge in [0.05, 0.1) is 21.3 Å². The topological polar surface area (TPSA) is 69.3 Å². The van der Waals surface area contributed by atoms with Gasteiger partial charge in [-0.25, -0.2) is 9.37 Å². The van der Waals surface area contributed by atoms with Gasteiger partial charge in [0.15, 0.2) is 23.1 Å². The van der Waals surface area contributed by atoms with Crippen molar-refractivity contribution in [2.24, 2.45) is 0 Å². The van der Waals surface area contributed by atoms with Gasteiger partial charge in [0.2, 0.25) is 5.75 Å². The molecule has 0 atom stereocenters. The number of hydrogen-bond donors (Lipinski definition) is 1. The van der Waals surface area contributed by atoms with E-state index in [9.17, 15) is 4.39 Å². The summed E-state index contributed by atoms with van der Waals surface area (Å²) in [5.41, 5.74) is 1.30. The van der Waals surface area contributed by atoms with Crippen molar-refractivity contribution in [2.45, 2.75) is 0 Å². The summed E-state index contributed by atoms with van der Waals surface area (Å²) in [5.74, 6) is 2.07. The molecule has 1 heterocycles. The minimum atomic E-state index is -0.335. The van der Waals surface area contributed by atoms with E-state index in [2.05, 4.69) is 15.2 Å². The van der Waals surface area contributed by atoms with Gasteiger partial charge in [-0.05, 0) is 24.3 Å². The van der Waals surface area contributed by atoms with Crippen LogP contribution >= 0.6 is 0 Å². The average Bonchev–Trinajstić information content (AvgIpc) is 3.10. The monoisotopic (exact) mass is 329 g/mol. The molecule has 6 nitrogen and oxygen atoms in total. The van der Waals surface area contributed by atoms with E-state index in [-0.39, 0.29) is 5.82 Å². The Morgan fingerprint density at radius 3 is 2.21 bits per heavy atom. The highest BCUT2D eigenvalue weighted by Crippen LogP contribution is 2.40. The zero-order valence-corrected chi connectivity index (χ0v) is 13.5. The molecule has 0 saturated carbocycles. The van der Waals surface area contributed by atoms with E-state index in [4.69, 9.17) is 14.2 Å². The van der Waals surface area contributed by atoms with Crippen LogP contribution in [0.1, 0.15) is 0 Å². The van der Waals surface area contributed by atoms with E-state index in [0.717, 1.165) is 0 Å². The lowest BCUT2D eigenvalue weighted by molar-refractivity contribution is 0.324. The number of hydrogen-bond acceptors (Lipinski definition) is 5.